The number of amides is 1. The van der Waals surface area contributed by atoms with Crippen molar-refractivity contribution in [2.24, 2.45) is 11.8 Å². The van der Waals surface area contributed by atoms with Crippen LogP contribution in [-0.4, -0.2) is 32.6 Å². The quantitative estimate of drug-likeness (QED) is 0.362. The van der Waals surface area contributed by atoms with Gasteiger partial charge in [-0.05, 0) is 0 Å². The summed E-state index contributed by atoms with van der Waals surface area (Å²) in [6, 6.07) is 10.8. The summed E-state index contributed by atoms with van der Waals surface area (Å²) >= 11 is 0.248. The number of hydrogen-bond donors (Lipinski definition) is 1. The zero-order chi connectivity index (χ0) is 19.9. The van der Waals surface area contributed by atoms with E-state index in [-0.39, 0.29) is 27.4 Å². The molecule has 4 heteroatoms. The summed E-state index contributed by atoms with van der Waals surface area (Å²) < 4.78 is 3.86. The summed E-state index contributed by atoms with van der Waals surface area (Å²) in [5.74, 6) is 1.79. The Hall–Kier alpha value is -0.620. The van der Waals surface area contributed by atoms with Crippen LogP contribution in [0.4, 0.5) is 0 Å². The normalized spacial score (nSPS) is 27.7. The van der Waals surface area contributed by atoms with Gasteiger partial charge in [0.05, 0.1) is 0 Å². The molecule has 1 aliphatic heterocycles. The summed E-state index contributed by atoms with van der Waals surface area (Å²) in [6.45, 7) is 3.47. The molecule has 0 bridgehead atoms. The van der Waals surface area contributed by atoms with Gasteiger partial charge in [0, 0.05) is 0 Å². The van der Waals surface area contributed by atoms with Gasteiger partial charge in [0.25, 0.3) is 0 Å². The molecule has 1 amide bonds. The maximum absolute atomic E-state index is 12.8. The molecular weight excluding hydrogens is 471 g/mol. The van der Waals surface area contributed by atoms with E-state index in [4.69, 9.17) is 0 Å². The predicted molar refractivity (Wildman–Crippen MR) is 115 cm³/mol. The number of nitrogens with one attached hydrogen (secondary N) is 1. The molecule has 0 radical (unpaired) electrons. The van der Waals surface area contributed by atoms with E-state index in [1.807, 2.05) is 0 Å². The minimum absolute atomic E-state index is 0.214. The van der Waals surface area contributed by atoms with Crippen LogP contribution in [0.5, 0.6) is 0 Å². The van der Waals surface area contributed by atoms with Gasteiger partial charge >= 0.3 is 170 Å². The fraction of sp³-hybridized carbons (Fsp3) is 0.720. The van der Waals surface area contributed by atoms with Crippen molar-refractivity contribution in [3.05, 3.63) is 35.9 Å². The summed E-state index contributed by atoms with van der Waals surface area (Å²) in [4.78, 5) is 12.8. The van der Waals surface area contributed by atoms with E-state index in [0.717, 1.165) is 23.3 Å². The van der Waals surface area contributed by atoms with Crippen molar-refractivity contribution in [2.45, 2.75) is 80.5 Å². The number of carbonyl (C=O) groups excluding carboxylic acids is 1. The van der Waals surface area contributed by atoms with Gasteiger partial charge in [-0.2, -0.15) is 0 Å². The number of benzene rings is 1. The average molecular weight is 509 g/mol. The number of alkyl halides is 1. The van der Waals surface area contributed by atoms with E-state index in [9.17, 15) is 4.79 Å². The van der Waals surface area contributed by atoms with Gasteiger partial charge in [0.2, 0.25) is 0 Å². The van der Waals surface area contributed by atoms with E-state index in [1.165, 1.54) is 76.4 Å². The number of halogens is 1. The van der Waals surface area contributed by atoms with Crippen molar-refractivity contribution in [3.63, 3.8) is 0 Å². The van der Waals surface area contributed by atoms with E-state index in [2.05, 4.69) is 38.8 Å². The molecular formula is C25H38IN2O-. The van der Waals surface area contributed by atoms with Gasteiger partial charge in [-0.25, -0.2) is 0 Å². The van der Waals surface area contributed by atoms with Crippen LogP contribution in [0.1, 0.15) is 82.1 Å². The molecule has 29 heavy (non-hydrogen) atoms. The first kappa shape index (κ1) is 21.6. The first-order chi connectivity index (χ1) is 14.3. The Morgan fingerprint density at radius 2 is 1.69 bits per heavy atom. The van der Waals surface area contributed by atoms with Gasteiger partial charge in [-0.3, -0.25) is 0 Å². The Morgan fingerprint density at radius 1 is 0.931 bits per heavy atom. The maximum atomic E-state index is 12.8. The Labute approximate surface area is 188 Å². The summed E-state index contributed by atoms with van der Waals surface area (Å²) in [6.07, 6.45) is 14.5. The van der Waals surface area contributed by atoms with Crippen molar-refractivity contribution < 1.29 is 26.3 Å². The monoisotopic (exact) mass is 509 g/mol. The summed E-state index contributed by atoms with van der Waals surface area (Å²) in [5.41, 5.74) is 1.42. The van der Waals surface area contributed by atoms with Crippen molar-refractivity contribution in [1.29, 1.82) is 0 Å². The molecule has 2 saturated carbocycles. The van der Waals surface area contributed by atoms with Gasteiger partial charge in [-0.15, -0.1) is 0 Å². The van der Waals surface area contributed by atoms with Crippen LogP contribution in [-0.2, 0) is 4.79 Å². The topological polar surface area (TPSA) is 32.3 Å². The Balaban J connectivity index is 1.16. The number of rotatable bonds is 6. The van der Waals surface area contributed by atoms with E-state index >= 15 is 0 Å². The van der Waals surface area contributed by atoms with Crippen LogP contribution in [0.2, 0.25) is 0 Å². The molecule has 2 aliphatic carbocycles. The molecule has 1 N–H and O–H groups in total. The van der Waals surface area contributed by atoms with Crippen LogP contribution in [0, 0.1) is 11.8 Å². The first-order valence-corrected chi connectivity index (χ1v) is 14.2. The molecule has 1 saturated heterocycles. The average Bonchev–Trinajstić information content (AvgIpc) is 2.80. The zero-order valence-corrected chi connectivity index (χ0v) is 20.0. The molecule has 0 spiro atoms. The van der Waals surface area contributed by atoms with Crippen molar-refractivity contribution in [3.8, 4) is 0 Å². The van der Waals surface area contributed by atoms with Gasteiger partial charge in [0.1, 0.15) is 0 Å². The second-order valence-corrected chi connectivity index (χ2v) is 13.1. The molecule has 3 nitrogen and oxygen atoms in total. The molecule has 3 aliphatic rings. The second kappa shape index (κ2) is 11.1. The Morgan fingerprint density at radius 3 is 2.45 bits per heavy atom. The minimum atomic E-state index is 0.214. The van der Waals surface area contributed by atoms with Crippen LogP contribution < -0.4 is 26.8 Å². The predicted octanol–water partition coefficient (Wildman–Crippen LogP) is 2.13. The molecule has 2 atom stereocenters. The molecule has 162 valence electrons. The second-order valence-electron chi connectivity index (χ2n) is 9.40. The Bertz CT molecular complexity index is 623. The fourth-order valence-corrected chi connectivity index (χ4v) is 9.06. The van der Waals surface area contributed by atoms with Gasteiger partial charge < -0.3 is 0 Å². The van der Waals surface area contributed by atoms with E-state index in [0.29, 0.717) is 17.7 Å². The number of hydrogen-bond acceptors (Lipinski definition) is 2. The van der Waals surface area contributed by atoms with Crippen LogP contribution in [0.15, 0.2) is 30.3 Å². The van der Waals surface area contributed by atoms with E-state index < -0.39 is 0 Å². The summed E-state index contributed by atoms with van der Waals surface area (Å²) in [7, 11) is 0. The molecule has 1 aromatic carbocycles. The molecule has 3 fully saturated rings. The summed E-state index contributed by atoms with van der Waals surface area (Å²) in [5, 5.41) is 3.34. The molecule has 0 aromatic heterocycles. The van der Waals surface area contributed by atoms with Crippen LogP contribution >= 0.6 is 0 Å². The molecule has 2 unspecified atom stereocenters. The Kier molecular flexibility index (Phi) is 8.29. The third-order valence-electron chi connectivity index (χ3n) is 7.25. The van der Waals surface area contributed by atoms with Crippen LogP contribution in [0.25, 0.3) is 0 Å². The molecule has 4 rings (SSSR count). The van der Waals surface area contributed by atoms with Crippen molar-refractivity contribution in [2.75, 3.05) is 19.6 Å². The SMILES string of the molecule is O=C(NCC1CCN([I-]C2CCCCC2)CC1)C1CCCC(c2ccccc2)C1. The van der Waals surface area contributed by atoms with Gasteiger partial charge in [-0.1, -0.05) is 18.2 Å². The third kappa shape index (κ3) is 6.43. The third-order valence-corrected chi connectivity index (χ3v) is 11.0. The van der Waals surface area contributed by atoms with Crippen LogP contribution in [0.3, 0.4) is 0 Å². The van der Waals surface area contributed by atoms with Gasteiger partial charge in [0.15, 0.2) is 0 Å². The standard InChI is InChI=1S/C25H38IN2O/c29-25(23-11-7-10-22(18-23)21-8-3-1-4-9-21)27-19-20-14-16-28(17-15-20)26-24-12-5-2-6-13-24/h1,3-4,8-9,20,22-24H,2,5-7,10-19H2,(H,27,29)/q-1. The number of carbonyl (C=O) groups is 1. The first-order valence-electron chi connectivity index (χ1n) is 12.0. The van der Waals surface area contributed by atoms with Crippen molar-refractivity contribution in [1.82, 2.24) is 8.43 Å². The van der Waals surface area contributed by atoms with Crippen molar-refractivity contribution >= 4 is 5.91 Å². The number of piperidine rings is 1. The molecule has 1 heterocycles. The van der Waals surface area contributed by atoms with E-state index in [1.54, 1.807) is 0 Å². The zero-order valence-electron chi connectivity index (χ0n) is 17.8. The number of nitrogens with zero attached hydrogens (tertiary/aromatic N) is 1. The fourth-order valence-electron chi connectivity index (χ4n) is 5.39. The molecule has 1 aromatic rings.